The van der Waals surface area contributed by atoms with E-state index in [-0.39, 0.29) is 11.4 Å². The van der Waals surface area contributed by atoms with Crippen molar-refractivity contribution in [2.24, 2.45) is 5.10 Å². The van der Waals surface area contributed by atoms with Crippen LogP contribution in [0.4, 0.5) is 0 Å². The number of methoxy groups -OCH3 is 1. The minimum atomic E-state index is -3.83. The summed E-state index contributed by atoms with van der Waals surface area (Å²) >= 11 is 5.87. The van der Waals surface area contributed by atoms with Crippen LogP contribution in [0, 0.1) is 0 Å². The van der Waals surface area contributed by atoms with Crippen LogP contribution in [0.25, 0.3) is 0 Å². The zero-order valence-electron chi connectivity index (χ0n) is 19.6. The minimum Gasteiger partial charge on any atom is -0.493 e. The summed E-state index contributed by atoms with van der Waals surface area (Å²) in [6.07, 6.45) is 2.46. The highest BCUT2D eigenvalue weighted by molar-refractivity contribution is 7.89. The van der Waals surface area contributed by atoms with Gasteiger partial charge in [0.25, 0.3) is 5.91 Å². The average Bonchev–Trinajstić information content (AvgIpc) is 3.40. The Kier molecular flexibility index (Phi) is 8.25. The Bertz CT molecular complexity index is 1330. The number of hydrazone groups is 1. The molecule has 1 heterocycles. The van der Waals surface area contributed by atoms with E-state index in [1.54, 1.807) is 25.3 Å². The fraction of sp³-hybridized carbons (Fsp3) is 0.231. The summed E-state index contributed by atoms with van der Waals surface area (Å²) in [5.74, 6) is 0.616. The predicted octanol–water partition coefficient (Wildman–Crippen LogP) is 4.23. The zero-order chi connectivity index (χ0) is 25.5. The smallest absolute Gasteiger partial charge is 0.258 e. The Balaban J connectivity index is 1.39. The predicted molar refractivity (Wildman–Crippen MR) is 138 cm³/mol. The van der Waals surface area contributed by atoms with Gasteiger partial charge in [-0.05, 0) is 66.4 Å². The van der Waals surface area contributed by atoms with Crippen molar-refractivity contribution in [3.8, 4) is 11.5 Å². The molecule has 1 fully saturated rings. The first-order chi connectivity index (χ1) is 17.4. The lowest BCUT2D eigenvalue weighted by Gasteiger charge is -2.22. The van der Waals surface area contributed by atoms with Crippen molar-refractivity contribution in [1.29, 1.82) is 0 Å². The van der Waals surface area contributed by atoms with E-state index in [2.05, 4.69) is 10.5 Å². The summed E-state index contributed by atoms with van der Waals surface area (Å²) in [5, 5.41) is 4.46. The third-order valence-electron chi connectivity index (χ3n) is 5.74. The Morgan fingerprint density at radius 2 is 1.86 bits per heavy atom. The van der Waals surface area contributed by atoms with Gasteiger partial charge in [-0.2, -0.15) is 9.41 Å². The SMILES string of the molecule is COc1cc(/C=N\NC(=O)[C@H]2CCCN2S(=O)(=O)c2ccc(Cl)cc2)ccc1OCc1ccccc1. The summed E-state index contributed by atoms with van der Waals surface area (Å²) in [5.41, 5.74) is 4.18. The molecule has 3 aromatic carbocycles. The van der Waals surface area contributed by atoms with E-state index in [0.717, 1.165) is 5.56 Å². The van der Waals surface area contributed by atoms with Gasteiger partial charge in [0.2, 0.25) is 10.0 Å². The molecule has 1 aliphatic heterocycles. The molecule has 8 nitrogen and oxygen atoms in total. The summed E-state index contributed by atoms with van der Waals surface area (Å²) in [6.45, 7) is 0.659. The number of nitrogens with zero attached hydrogens (tertiary/aromatic N) is 2. The second kappa shape index (κ2) is 11.6. The van der Waals surface area contributed by atoms with Gasteiger partial charge in [-0.15, -0.1) is 0 Å². The molecule has 0 bridgehead atoms. The molecule has 10 heteroatoms. The molecule has 0 saturated carbocycles. The molecule has 1 amide bonds. The third kappa shape index (κ3) is 6.04. The highest BCUT2D eigenvalue weighted by atomic mass is 35.5. The number of amides is 1. The number of sulfonamides is 1. The van der Waals surface area contributed by atoms with E-state index in [4.69, 9.17) is 21.1 Å². The number of carbonyl (C=O) groups is 1. The van der Waals surface area contributed by atoms with Crippen molar-refractivity contribution in [2.45, 2.75) is 30.4 Å². The summed E-state index contributed by atoms with van der Waals surface area (Å²) < 4.78 is 38.6. The molecule has 3 aromatic rings. The van der Waals surface area contributed by atoms with Gasteiger partial charge in [0.05, 0.1) is 18.2 Å². The maximum atomic E-state index is 13.0. The summed E-state index contributed by atoms with van der Waals surface area (Å²) in [6, 6.07) is 20.1. The van der Waals surface area contributed by atoms with Crippen molar-refractivity contribution < 1.29 is 22.7 Å². The number of hydrogen-bond acceptors (Lipinski definition) is 6. The monoisotopic (exact) mass is 527 g/mol. The molecule has 1 aliphatic rings. The van der Waals surface area contributed by atoms with Crippen molar-refractivity contribution in [2.75, 3.05) is 13.7 Å². The fourth-order valence-electron chi connectivity index (χ4n) is 3.90. The van der Waals surface area contributed by atoms with Crippen LogP contribution in [0.5, 0.6) is 11.5 Å². The van der Waals surface area contributed by atoms with E-state index in [0.29, 0.717) is 41.5 Å². The lowest BCUT2D eigenvalue weighted by molar-refractivity contribution is -0.124. The van der Waals surface area contributed by atoms with Gasteiger partial charge in [-0.3, -0.25) is 4.79 Å². The third-order valence-corrected chi connectivity index (χ3v) is 7.91. The molecule has 0 aliphatic carbocycles. The molecule has 1 atom stereocenters. The first-order valence-electron chi connectivity index (χ1n) is 11.3. The molecule has 0 unspecified atom stereocenters. The summed E-state index contributed by atoms with van der Waals surface area (Å²) in [7, 11) is -2.29. The number of halogens is 1. The molecule has 0 aromatic heterocycles. The highest BCUT2D eigenvalue weighted by Crippen LogP contribution is 2.29. The number of benzene rings is 3. The lowest BCUT2D eigenvalue weighted by atomic mass is 10.2. The van der Waals surface area contributed by atoms with Crippen LogP contribution >= 0.6 is 11.6 Å². The quantitative estimate of drug-likeness (QED) is 0.332. The van der Waals surface area contributed by atoms with Gasteiger partial charge in [0.1, 0.15) is 12.6 Å². The molecule has 36 heavy (non-hydrogen) atoms. The van der Waals surface area contributed by atoms with E-state index < -0.39 is 22.0 Å². The van der Waals surface area contributed by atoms with E-state index in [1.807, 2.05) is 30.3 Å². The van der Waals surface area contributed by atoms with Gasteiger partial charge in [0.15, 0.2) is 11.5 Å². The second-order valence-electron chi connectivity index (χ2n) is 8.15. The van der Waals surface area contributed by atoms with Crippen LogP contribution < -0.4 is 14.9 Å². The molecule has 188 valence electrons. The van der Waals surface area contributed by atoms with Gasteiger partial charge in [-0.25, -0.2) is 13.8 Å². The number of hydrogen-bond donors (Lipinski definition) is 1. The Labute approximate surface area is 215 Å². The number of carbonyl (C=O) groups excluding carboxylic acids is 1. The lowest BCUT2D eigenvalue weighted by Crippen LogP contribution is -2.44. The van der Waals surface area contributed by atoms with Crippen molar-refractivity contribution in [1.82, 2.24) is 9.73 Å². The second-order valence-corrected chi connectivity index (χ2v) is 10.5. The van der Waals surface area contributed by atoms with Gasteiger partial charge in [0, 0.05) is 11.6 Å². The van der Waals surface area contributed by atoms with Crippen LogP contribution in [0.2, 0.25) is 5.02 Å². The number of nitrogens with one attached hydrogen (secondary N) is 1. The maximum Gasteiger partial charge on any atom is 0.258 e. The van der Waals surface area contributed by atoms with E-state index in [9.17, 15) is 13.2 Å². The average molecular weight is 528 g/mol. The highest BCUT2D eigenvalue weighted by Gasteiger charge is 2.39. The van der Waals surface area contributed by atoms with Crippen LogP contribution in [0.1, 0.15) is 24.0 Å². The zero-order valence-corrected chi connectivity index (χ0v) is 21.2. The van der Waals surface area contributed by atoms with E-state index in [1.165, 1.54) is 34.8 Å². The normalized spacial score (nSPS) is 16.2. The molecular formula is C26H26ClN3O5S. The molecule has 0 spiro atoms. The topological polar surface area (TPSA) is 97.3 Å². The maximum absolute atomic E-state index is 13.0. The molecule has 0 radical (unpaired) electrons. The van der Waals surface area contributed by atoms with Gasteiger partial charge >= 0.3 is 0 Å². The Hall–Kier alpha value is -3.40. The fourth-order valence-corrected chi connectivity index (χ4v) is 5.68. The first-order valence-corrected chi connectivity index (χ1v) is 13.2. The molecule has 1 saturated heterocycles. The van der Waals surface area contributed by atoms with Crippen LogP contribution in [0.15, 0.2) is 82.8 Å². The summed E-state index contributed by atoms with van der Waals surface area (Å²) in [4.78, 5) is 12.9. The number of rotatable bonds is 9. The molecule has 4 rings (SSSR count). The Morgan fingerprint density at radius 3 is 2.58 bits per heavy atom. The minimum absolute atomic E-state index is 0.0942. The number of ether oxygens (including phenoxy) is 2. The van der Waals surface area contributed by atoms with Crippen LogP contribution in [-0.4, -0.2) is 44.5 Å². The van der Waals surface area contributed by atoms with Crippen molar-refractivity contribution in [3.63, 3.8) is 0 Å². The standard InChI is InChI=1S/C26H26ClN3O5S/c1-34-25-16-20(9-14-24(25)35-18-19-6-3-2-4-7-19)17-28-29-26(31)23-8-5-15-30(23)36(32,33)22-12-10-21(27)11-13-22/h2-4,6-7,9-14,16-17,23H,5,8,15,18H2,1H3,(H,29,31)/b28-17-/t23-/m1/s1. The first kappa shape index (κ1) is 25.7. The largest absolute Gasteiger partial charge is 0.493 e. The van der Waals surface area contributed by atoms with E-state index >= 15 is 0 Å². The van der Waals surface area contributed by atoms with Crippen LogP contribution in [-0.2, 0) is 21.4 Å². The molecular weight excluding hydrogens is 502 g/mol. The Morgan fingerprint density at radius 1 is 1.11 bits per heavy atom. The molecule has 1 N–H and O–H groups in total. The van der Waals surface area contributed by atoms with Gasteiger partial charge < -0.3 is 9.47 Å². The van der Waals surface area contributed by atoms with Crippen molar-refractivity contribution >= 4 is 33.7 Å². The van der Waals surface area contributed by atoms with Crippen molar-refractivity contribution in [3.05, 3.63) is 88.9 Å². The van der Waals surface area contributed by atoms with Gasteiger partial charge in [-0.1, -0.05) is 41.9 Å². The van der Waals surface area contributed by atoms with Crippen LogP contribution in [0.3, 0.4) is 0 Å².